The van der Waals surface area contributed by atoms with Crippen molar-refractivity contribution in [2.24, 2.45) is 33.6 Å². The van der Waals surface area contributed by atoms with Crippen molar-refractivity contribution in [2.75, 3.05) is 50.7 Å². The number of β-lactam (4-membered cyclic amide) rings is 2. The number of carboxylic acids is 2. The van der Waals surface area contributed by atoms with Gasteiger partial charge < -0.3 is 73.6 Å². The molecule has 14 N–H and O–H groups in total. The molecule has 4 amide bonds. The van der Waals surface area contributed by atoms with Gasteiger partial charge in [0.25, 0.3) is 34.8 Å². The van der Waals surface area contributed by atoms with Gasteiger partial charge >= 0.3 is 22.3 Å². The van der Waals surface area contributed by atoms with E-state index in [2.05, 4.69) is 85.1 Å². The number of carboxylic acid groups (broad SMARTS) is 2. The number of amides is 4. The van der Waals surface area contributed by atoms with E-state index in [1.807, 2.05) is 24.3 Å². The Kier molecular flexibility index (Phi) is 20.1. The van der Waals surface area contributed by atoms with Crippen LogP contribution in [0.2, 0.25) is 0 Å². The number of benzene rings is 2. The number of aromatic nitrogens is 6. The number of anilines is 2. The summed E-state index contributed by atoms with van der Waals surface area (Å²) in [4.78, 5) is 102. The van der Waals surface area contributed by atoms with E-state index in [4.69, 9.17) is 50.7 Å². The standard InChI is InChI=1S/C64H80N18O16S3/c1-61(2)51(73-53(83)49(43-33-99-59(67)71-43)75-95-63(5,57(87)88)47-15-11-39-21-37(9-13-45(39)93-47)41-29-77(19-7-17-65)79(31-41)27-35-23-69-24-35)55(85)81(61)97-101(91,92)98-82-56(86)52(62(82,3)4)74-54(84)50(44-34-100-60(68)72-44)76-96-64(6,58(89)90)48-16-12-40-22-38(10-14-46(40)94-48)42-30-78(20-8-18-66)80(32-42)28-36-25-70-26-36/h9-10,13-14,21-22,29-36,47-48,51-52,69-70H,7-8,11-12,15-20,23-28,65-66H2,1-6H3,(H6-2,67,68,71,72,73,74,83,84,87,88,89,90)/p+2/b75-49-,76-50-/t47-,48-,51-,52-,63+,64+/m1/s1. The minimum absolute atomic E-state index is 0.00169. The number of aliphatic carboxylic acids is 2. The number of ether oxygens (including phenoxy) is 2. The van der Waals surface area contributed by atoms with E-state index in [9.17, 15) is 47.4 Å². The fourth-order valence-corrected chi connectivity index (χ4v) is 14.7. The summed E-state index contributed by atoms with van der Waals surface area (Å²) < 4.78 is 59.0. The number of hydroxylamine groups is 4. The Labute approximate surface area is 588 Å². The van der Waals surface area contributed by atoms with Gasteiger partial charge in [-0.1, -0.05) is 22.4 Å². The summed E-state index contributed by atoms with van der Waals surface area (Å²) in [6.45, 7) is 15.9. The van der Waals surface area contributed by atoms with Crippen molar-refractivity contribution < 1.29 is 84.5 Å². The van der Waals surface area contributed by atoms with Gasteiger partial charge in [-0.05, 0) is 140 Å². The van der Waals surface area contributed by atoms with E-state index in [-0.39, 0.29) is 34.5 Å². The SMILES string of the molecule is CC1(C)[C@H](NC(=O)/C(=N\O[C@](C)(C(=O)O)[C@H]2CCc3cc(-c4cn(CCCN)[n+](CC5CNC5)c4)ccc3O2)c2csc(N)n2)C(=O)N1OS(=O)(=O)ON1C(=O)[C@@H](NC(=O)/C(=N\O[C@](C)(C(=O)O)[C@H]2CCc3cc(-c4cn(CCCN)[n+](CC5CNC5)c4)ccc3O2)c2csc(N)n2)C1(C)C. The maximum atomic E-state index is 14.3. The molecule has 0 unspecified atom stereocenters. The first-order valence-electron chi connectivity index (χ1n) is 33.0. The lowest BCUT2D eigenvalue weighted by Crippen LogP contribution is -2.78. The second-order valence-electron chi connectivity index (χ2n) is 27.2. The van der Waals surface area contributed by atoms with Gasteiger partial charge in [-0.25, -0.2) is 19.6 Å². The fraction of sp³-hybridized carbons (Fsp3) is 0.500. The van der Waals surface area contributed by atoms with Crippen LogP contribution >= 0.6 is 22.7 Å². The second-order valence-corrected chi connectivity index (χ2v) is 30.1. The number of thiazole rings is 2. The Morgan fingerprint density at radius 2 is 1.07 bits per heavy atom. The third kappa shape index (κ3) is 14.4. The van der Waals surface area contributed by atoms with E-state index in [1.54, 1.807) is 12.1 Å². The molecule has 0 bridgehead atoms. The summed E-state index contributed by atoms with van der Waals surface area (Å²) in [6, 6.07) is 8.25. The predicted molar refractivity (Wildman–Crippen MR) is 363 cm³/mol. The molecule has 540 valence electrons. The average Bonchev–Trinajstić information content (AvgIpc) is 0.788. The number of hydrogen-bond donors (Lipinski definition) is 10. The molecule has 4 fully saturated rings. The molecule has 0 saturated carbocycles. The van der Waals surface area contributed by atoms with Crippen molar-refractivity contribution in [1.82, 2.24) is 50.7 Å². The van der Waals surface area contributed by atoms with Gasteiger partial charge in [-0.2, -0.15) is 27.9 Å². The lowest BCUT2D eigenvalue weighted by Gasteiger charge is -2.52. The van der Waals surface area contributed by atoms with E-state index in [1.165, 1.54) is 52.3 Å². The summed E-state index contributed by atoms with van der Waals surface area (Å²) in [5, 5.41) is 44.6. The Bertz CT molecular complexity index is 4120. The lowest BCUT2D eigenvalue weighted by molar-refractivity contribution is -0.781. The largest absolute Gasteiger partial charge is 0.485 e. The van der Waals surface area contributed by atoms with Gasteiger partial charge in [0, 0.05) is 48.8 Å². The van der Waals surface area contributed by atoms with Crippen LogP contribution in [-0.2, 0) is 96.4 Å². The van der Waals surface area contributed by atoms with Gasteiger partial charge in [0.1, 0.15) is 35.0 Å². The number of carbonyl (C=O) groups excluding carboxylic acids is 4. The molecule has 12 rings (SSSR count). The molecule has 4 aromatic heterocycles. The maximum Gasteiger partial charge on any atom is 0.442 e. The van der Waals surface area contributed by atoms with E-state index in [0.29, 0.717) is 59.4 Å². The monoisotopic (exact) mass is 1450 g/mol. The topological polar surface area (TPSA) is 459 Å². The van der Waals surface area contributed by atoms with Crippen LogP contribution in [0.4, 0.5) is 10.3 Å². The molecule has 10 heterocycles. The molecule has 6 atom stereocenters. The van der Waals surface area contributed by atoms with Crippen LogP contribution in [0.15, 0.2) is 82.3 Å². The third-order valence-electron chi connectivity index (χ3n) is 19.2. The van der Waals surface area contributed by atoms with Crippen LogP contribution in [0.25, 0.3) is 22.3 Å². The Hall–Kier alpha value is -9.21. The van der Waals surface area contributed by atoms with Crippen LogP contribution in [0.1, 0.15) is 89.7 Å². The highest BCUT2D eigenvalue weighted by atomic mass is 32.3. The molecule has 6 aliphatic rings. The van der Waals surface area contributed by atoms with Crippen molar-refractivity contribution in [3.63, 3.8) is 0 Å². The van der Waals surface area contributed by atoms with Crippen molar-refractivity contribution in [1.29, 1.82) is 0 Å². The highest BCUT2D eigenvalue weighted by molar-refractivity contribution is 7.81. The maximum absolute atomic E-state index is 14.3. The first-order chi connectivity index (χ1) is 48.0. The summed E-state index contributed by atoms with van der Waals surface area (Å²) in [7, 11) is -5.39. The quantitative estimate of drug-likeness (QED) is 0.0126. The molecule has 37 heteroatoms. The predicted octanol–water partition coefficient (Wildman–Crippen LogP) is 0.347. The van der Waals surface area contributed by atoms with E-state index < -0.39 is 104 Å². The summed E-state index contributed by atoms with van der Waals surface area (Å²) >= 11 is 1.85. The molecule has 6 aromatic rings. The number of nitrogen functional groups attached to an aromatic ring is 2. The van der Waals surface area contributed by atoms with E-state index >= 15 is 0 Å². The number of hydrogen-bond acceptors (Lipinski definition) is 26. The van der Waals surface area contributed by atoms with Crippen molar-refractivity contribution in [3.05, 3.63) is 94.5 Å². The van der Waals surface area contributed by atoms with Crippen LogP contribution < -0.4 is 63.0 Å². The molecular weight excluding hydrogens is 1370 g/mol. The first kappa shape index (κ1) is 71.6. The highest BCUT2D eigenvalue weighted by Gasteiger charge is 2.62. The number of nitrogens with one attached hydrogen (secondary N) is 4. The number of aryl methyl sites for hydroxylation is 4. The summed E-state index contributed by atoms with van der Waals surface area (Å²) in [5.41, 5.74) is 19.8. The Morgan fingerprint density at radius 3 is 1.40 bits per heavy atom. The normalized spacial score (nSPS) is 21.6. The third-order valence-corrected chi connectivity index (χ3v) is 21.2. The zero-order valence-corrected chi connectivity index (χ0v) is 58.8. The van der Waals surface area contributed by atoms with Gasteiger partial charge in [-0.15, -0.1) is 40.6 Å². The van der Waals surface area contributed by atoms with Crippen LogP contribution in [0, 0.1) is 11.8 Å². The number of carbonyl (C=O) groups is 6. The number of rotatable bonds is 30. The molecule has 101 heavy (non-hydrogen) atoms. The minimum atomic E-state index is -5.39. The fourth-order valence-electron chi connectivity index (χ4n) is 12.7. The summed E-state index contributed by atoms with van der Waals surface area (Å²) in [5.74, 6) is -5.53. The molecule has 0 spiro atoms. The van der Waals surface area contributed by atoms with Gasteiger partial charge in [0.05, 0.1) is 47.7 Å². The molecule has 0 radical (unpaired) electrons. The molecular formula is C64H82N18O16S3+2. The molecule has 4 saturated heterocycles. The van der Waals surface area contributed by atoms with Crippen LogP contribution in [-0.4, -0.2) is 181 Å². The lowest BCUT2D eigenvalue weighted by atomic mass is 9.84. The zero-order valence-electron chi connectivity index (χ0n) is 56.3. The van der Waals surface area contributed by atoms with E-state index in [0.717, 1.165) is 121 Å². The van der Waals surface area contributed by atoms with Crippen LogP contribution in [0.3, 0.4) is 0 Å². The smallest absolute Gasteiger partial charge is 0.442 e. The molecule has 6 aliphatic heterocycles. The highest BCUT2D eigenvalue weighted by Crippen LogP contribution is 2.41. The van der Waals surface area contributed by atoms with Crippen molar-refractivity contribution in [3.8, 4) is 33.8 Å². The number of fused-ring (bicyclic) bond motifs is 2. The minimum Gasteiger partial charge on any atom is -0.485 e. The summed E-state index contributed by atoms with van der Waals surface area (Å²) in [6.07, 6.45) is 8.87. The van der Waals surface area contributed by atoms with Crippen molar-refractivity contribution >= 4 is 90.3 Å². The average molecular weight is 1460 g/mol. The first-order valence-corrected chi connectivity index (χ1v) is 36.1. The van der Waals surface area contributed by atoms with Gasteiger partial charge in [0.15, 0.2) is 47.0 Å². The Morgan fingerprint density at radius 1 is 0.673 bits per heavy atom. The van der Waals surface area contributed by atoms with Gasteiger partial charge in [0.2, 0.25) is 12.4 Å². The number of nitrogens with zero attached hydrogens (tertiary/aromatic N) is 10. The second kappa shape index (κ2) is 28.3. The molecule has 2 aromatic carbocycles. The number of nitrogens with two attached hydrogens (primary N) is 4. The van der Waals surface area contributed by atoms with Crippen molar-refractivity contribution in [2.45, 2.75) is 153 Å². The number of oxime groups is 2. The Balaban J connectivity index is 0.674. The van der Waals surface area contributed by atoms with Crippen LogP contribution in [0.5, 0.6) is 11.5 Å². The van der Waals surface area contributed by atoms with Gasteiger partial charge in [-0.3, -0.25) is 19.2 Å². The molecule has 34 nitrogen and oxygen atoms in total. The zero-order chi connectivity index (χ0) is 72.1. The molecule has 0 aliphatic carbocycles.